The van der Waals surface area contributed by atoms with E-state index in [0.29, 0.717) is 11.7 Å². The van der Waals surface area contributed by atoms with Crippen LogP contribution in [0.4, 0.5) is 4.79 Å². The van der Waals surface area contributed by atoms with Crippen molar-refractivity contribution in [1.82, 2.24) is 10.0 Å². The predicted octanol–water partition coefficient (Wildman–Crippen LogP) is 1.10. The Hall–Kier alpha value is -0.710. The molecule has 2 heterocycles. The molecule has 1 N–H and O–H groups in total. The lowest BCUT2D eigenvalue weighted by molar-refractivity contribution is 0.107. The third-order valence-electron chi connectivity index (χ3n) is 1.91. The van der Waals surface area contributed by atoms with Crippen molar-refractivity contribution in [3.8, 4) is 0 Å². The van der Waals surface area contributed by atoms with Crippen LogP contribution in [0.1, 0.15) is 12.8 Å². The molecule has 0 bridgehead atoms. The molecule has 11 heavy (non-hydrogen) atoms. The molecule has 0 spiro atoms. The van der Waals surface area contributed by atoms with Gasteiger partial charge in [-0.2, -0.15) is 0 Å². The van der Waals surface area contributed by atoms with E-state index in [1.807, 2.05) is 0 Å². The number of carbonyl (C=O) groups excluding carboxylic acids is 1. The minimum atomic E-state index is 0.0921. The first-order valence-corrected chi connectivity index (χ1v) is 4.57. The van der Waals surface area contributed by atoms with Crippen LogP contribution in [0.15, 0.2) is 0 Å². The van der Waals surface area contributed by atoms with Gasteiger partial charge in [-0.3, -0.25) is 15.2 Å². The average Bonchev–Trinajstić information content (AvgIpc) is 2.35. The first-order chi connectivity index (χ1) is 5.29. The van der Waals surface area contributed by atoms with Crippen LogP contribution in [0.3, 0.4) is 0 Å². The summed E-state index contributed by atoms with van der Waals surface area (Å²) in [7, 11) is 0. The third-order valence-corrected chi connectivity index (χ3v) is 2.74. The summed E-state index contributed by atoms with van der Waals surface area (Å²) in [5.41, 5.74) is 0. The van der Waals surface area contributed by atoms with Gasteiger partial charge in [-0.1, -0.05) is 0 Å². The number of rotatable bonds is 0. The van der Waals surface area contributed by atoms with Gasteiger partial charge in [0.05, 0.1) is 5.88 Å². The number of amides is 1. The lowest BCUT2D eigenvalue weighted by Gasteiger charge is -2.32. The van der Waals surface area contributed by atoms with Gasteiger partial charge in [0, 0.05) is 13.0 Å². The van der Waals surface area contributed by atoms with Gasteiger partial charge in [-0.25, -0.2) is 5.01 Å². The lowest BCUT2D eigenvalue weighted by atomic mass is 10.2. The van der Waals surface area contributed by atoms with Gasteiger partial charge in [-0.15, -0.1) is 0 Å². The fourth-order valence-corrected chi connectivity index (χ4v) is 2.19. The number of nitrogens with zero attached hydrogens (tertiary/aromatic N) is 2. The number of nitrogens with one attached hydrogen (secondary N) is 1. The highest BCUT2D eigenvalue weighted by atomic mass is 32.2. The molecule has 4 nitrogen and oxygen atoms in total. The van der Waals surface area contributed by atoms with Crippen molar-refractivity contribution < 1.29 is 4.79 Å². The summed E-state index contributed by atoms with van der Waals surface area (Å²) in [4.78, 5) is 11.1. The topological polar surface area (TPSA) is 47.4 Å². The smallest absolute Gasteiger partial charge is 0.287 e. The zero-order valence-corrected chi connectivity index (χ0v) is 6.86. The highest BCUT2D eigenvalue weighted by Crippen LogP contribution is 2.26. The van der Waals surface area contributed by atoms with Crippen molar-refractivity contribution in [2.75, 3.05) is 12.4 Å². The number of thioether (sulfide) groups is 1. The van der Waals surface area contributed by atoms with Crippen LogP contribution < -0.4 is 0 Å². The van der Waals surface area contributed by atoms with Crippen molar-refractivity contribution in [1.29, 1.82) is 5.41 Å². The van der Waals surface area contributed by atoms with Crippen molar-refractivity contribution >= 4 is 22.8 Å². The van der Waals surface area contributed by atoms with Crippen LogP contribution in [-0.2, 0) is 0 Å². The van der Waals surface area contributed by atoms with Gasteiger partial charge in [0.15, 0.2) is 0 Å². The van der Waals surface area contributed by atoms with Crippen molar-refractivity contribution in [2.45, 2.75) is 12.8 Å². The Bertz CT molecular complexity index is 218. The molecule has 0 aliphatic carbocycles. The maximum atomic E-state index is 11.1. The maximum Gasteiger partial charge on any atom is 0.302 e. The summed E-state index contributed by atoms with van der Waals surface area (Å²) in [5, 5.41) is 11.0. The minimum Gasteiger partial charge on any atom is -0.287 e. The summed E-state index contributed by atoms with van der Waals surface area (Å²) in [5.74, 6) is 1.21. The Labute approximate surface area is 69.0 Å². The average molecular weight is 171 g/mol. The van der Waals surface area contributed by atoms with E-state index in [1.54, 1.807) is 10.0 Å². The Morgan fingerprint density at radius 1 is 1.45 bits per heavy atom. The van der Waals surface area contributed by atoms with E-state index in [-0.39, 0.29) is 5.24 Å². The second kappa shape index (κ2) is 2.41. The summed E-state index contributed by atoms with van der Waals surface area (Å²) in [6.45, 7) is 0.786. The van der Waals surface area contributed by atoms with Crippen LogP contribution >= 0.6 is 11.8 Å². The van der Waals surface area contributed by atoms with E-state index in [0.717, 1.165) is 19.4 Å². The van der Waals surface area contributed by atoms with Crippen LogP contribution in [0.5, 0.6) is 0 Å². The van der Waals surface area contributed by atoms with Crippen molar-refractivity contribution in [3.63, 3.8) is 0 Å². The largest absolute Gasteiger partial charge is 0.302 e. The fraction of sp³-hybridized carbons (Fsp3) is 0.667. The molecule has 1 amide bonds. The molecule has 2 rings (SSSR count). The molecule has 2 saturated heterocycles. The zero-order chi connectivity index (χ0) is 7.84. The number of amidine groups is 1. The van der Waals surface area contributed by atoms with Crippen LogP contribution in [0.25, 0.3) is 0 Å². The van der Waals surface area contributed by atoms with Crippen molar-refractivity contribution in [3.05, 3.63) is 0 Å². The van der Waals surface area contributed by atoms with Gasteiger partial charge in [0.1, 0.15) is 5.84 Å². The maximum absolute atomic E-state index is 11.1. The number of fused-ring (bicyclic) bond motifs is 1. The van der Waals surface area contributed by atoms with Crippen LogP contribution in [0, 0.1) is 5.41 Å². The molecule has 2 aliphatic rings. The molecule has 0 saturated carbocycles. The SMILES string of the molecule is N=C1CCCN2C(=O)SCN12. The summed E-state index contributed by atoms with van der Waals surface area (Å²) in [6, 6.07) is 0. The minimum absolute atomic E-state index is 0.0921. The first-order valence-electron chi connectivity index (χ1n) is 3.58. The van der Waals surface area contributed by atoms with Gasteiger partial charge < -0.3 is 0 Å². The van der Waals surface area contributed by atoms with Gasteiger partial charge >= 0.3 is 5.24 Å². The normalized spacial score (nSPS) is 24.4. The van der Waals surface area contributed by atoms with Gasteiger partial charge in [0.25, 0.3) is 0 Å². The van der Waals surface area contributed by atoms with Crippen LogP contribution in [-0.4, -0.2) is 33.5 Å². The molecule has 2 aliphatic heterocycles. The lowest BCUT2D eigenvalue weighted by Crippen LogP contribution is -2.46. The summed E-state index contributed by atoms with van der Waals surface area (Å²) < 4.78 is 0. The molecule has 0 aromatic carbocycles. The van der Waals surface area contributed by atoms with E-state index in [1.165, 1.54) is 11.8 Å². The Morgan fingerprint density at radius 3 is 3.00 bits per heavy atom. The molecule has 0 radical (unpaired) electrons. The number of hydrogen-bond acceptors (Lipinski definition) is 3. The highest BCUT2D eigenvalue weighted by Gasteiger charge is 2.33. The molecule has 0 aromatic heterocycles. The molecule has 60 valence electrons. The highest BCUT2D eigenvalue weighted by molar-refractivity contribution is 8.13. The number of carbonyl (C=O) groups is 1. The van der Waals surface area contributed by atoms with E-state index in [2.05, 4.69) is 0 Å². The Balaban J connectivity index is 2.19. The van der Waals surface area contributed by atoms with Crippen LogP contribution in [0.2, 0.25) is 0 Å². The second-order valence-electron chi connectivity index (χ2n) is 2.61. The standard InChI is InChI=1S/C6H9N3OS/c7-5-2-1-3-8-6(10)11-4-9(5)8/h7H,1-4H2. The Morgan fingerprint density at radius 2 is 2.27 bits per heavy atom. The first kappa shape index (κ1) is 6.97. The van der Waals surface area contributed by atoms with E-state index in [4.69, 9.17) is 5.41 Å². The number of hydrazine groups is 1. The fourth-order valence-electron chi connectivity index (χ4n) is 1.32. The monoisotopic (exact) mass is 171 g/mol. The van der Waals surface area contributed by atoms with Gasteiger partial charge in [0.2, 0.25) is 0 Å². The molecule has 0 unspecified atom stereocenters. The van der Waals surface area contributed by atoms with E-state index in [9.17, 15) is 4.79 Å². The number of hydrogen-bond donors (Lipinski definition) is 1. The summed E-state index contributed by atoms with van der Waals surface area (Å²) >= 11 is 1.28. The van der Waals surface area contributed by atoms with E-state index < -0.39 is 0 Å². The molecule has 0 atom stereocenters. The third kappa shape index (κ3) is 0.994. The van der Waals surface area contributed by atoms with Gasteiger partial charge in [-0.05, 0) is 18.2 Å². The quantitative estimate of drug-likeness (QED) is 0.593. The van der Waals surface area contributed by atoms with Crippen molar-refractivity contribution in [2.24, 2.45) is 0 Å². The molecular weight excluding hydrogens is 162 g/mol. The summed E-state index contributed by atoms with van der Waals surface area (Å²) in [6.07, 6.45) is 1.74. The Kier molecular flexibility index (Phi) is 1.52. The van der Waals surface area contributed by atoms with E-state index >= 15 is 0 Å². The predicted molar refractivity (Wildman–Crippen MR) is 43.4 cm³/mol. The second-order valence-corrected chi connectivity index (χ2v) is 3.51. The molecule has 2 fully saturated rings. The molecule has 0 aromatic rings. The zero-order valence-electron chi connectivity index (χ0n) is 6.04. The molecular formula is C6H9N3OS. The molecule has 5 heteroatoms.